The lowest BCUT2D eigenvalue weighted by molar-refractivity contribution is -0.172. The van der Waals surface area contributed by atoms with E-state index in [1.165, 1.54) is 0 Å². The number of carbonyl (C=O) groups excluding carboxylic acids is 1. The number of carbonyl (C=O) groups is 1. The molecule has 0 radical (unpaired) electrons. The van der Waals surface area contributed by atoms with Crippen molar-refractivity contribution in [3.8, 4) is 0 Å². The van der Waals surface area contributed by atoms with E-state index in [-0.39, 0.29) is 18.1 Å². The van der Waals surface area contributed by atoms with Crippen LogP contribution in [0, 0.1) is 0 Å². The third kappa shape index (κ3) is 3.60. The van der Waals surface area contributed by atoms with Crippen LogP contribution >= 0.6 is 11.6 Å². The number of rotatable bonds is 4. The maximum Gasteiger partial charge on any atom is 0.450 e. The van der Waals surface area contributed by atoms with Gasteiger partial charge in [-0.1, -0.05) is 35.0 Å². The van der Waals surface area contributed by atoms with E-state index in [4.69, 9.17) is 16.1 Å². The maximum absolute atomic E-state index is 12.3. The van der Waals surface area contributed by atoms with Gasteiger partial charge in [0.25, 0.3) is 0 Å². The Morgan fingerprint density at radius 1 is 1.38 bits per heavy atom. The number of alkyl halides is 3. The molecule has 1 aromatic carbocycles. The summed E-state index contributed by atoms with van der Waals surface area (Å²) in [6.07, 6.45) is -4.73. The first kappa shape index (κ1) is 15.5. The van der Waals surface area contributed by atoms with Crippen LogP contribution in [-0.2, 0) is 11.2 Å². The van der Waals surface area contributed by atoms with Crippen molar-refractivity contribution in [2.24, 2.45) is 0 Å². The molecular formula is C13H10ClF3N2O2. The standard InChI is InChI=1S/C13H10ClF3N2O2/c1-7(11(20)13(15,16)17)12-18-10(19-21-12)6-8-4-2-3-5-9(8)14/h2-5,7H,6H2,1H3. The van der Waals surface area contributed by atoms with Gasteiger partial charge in [-0.15, -0.1) is 0 Å². The van der Waals surface area contributed by atoms with Crippen molar-refractivity contribution in [3.63, 3.8) is 0 Å². The summed E-state index contributed by atoms with van der Waals surface area (Å²) in [4.78, 5) is 14.9. The fraction of sp³-hybridized carbons (Fsp3) is 0.308. The zero-order chi connectivity index (χ0) is 15.6. The van der Waals surface area contributed by atoms with E-state index in [0.29, 0.717) is 10.6 Å². The van der Waals surface area contributed by atoms with Crippen LogP contribution in [0.3, 0.4) is 0 Å². The summed E-state index contributed by atoms with van der Waals surface area (Å²) in [5.74, 6) is -3.65. The molecular weight excluding hydrogens is 309 g/mol. The molecule has 1 heterocycles. The van der Waals surface area contributed by atoms with Gasteiger partial charge < -0.3 is 4.52 Å². The number of benzene rings is 1. The maximum atomic E-state index is 12.3. The lowest BCUT2D eigenvalue weighted by Gasteiger charge is -2.08. The summed E-state index contributed by atoms with van der Waals surface area (Å²) in [7, 11) is 0. The zero-order valence-corrected chi connectivity index (χ0v) is 11.6. The van der Waals surface area contributed by atoms with Gasteiger partial charge in [0.2, 0.25) is 11.7 Å². The normalized spacial score (nSPS) is 13.2. The van der Waals surface area contributed by atoms with Crippen molar-refractivity contribution in [1.82, 2.24) is 10.1 Å². The Morgan fingerprint density at radius 3 is 2.67 bits per heavy atom. The molecule has 0 aliphatic heterocycles. The van der Waals surface area contributed by atoms with E-state index in [2.05, 4.69) is 10.1 Å². The molecule has 1 atom stereocenters. The largest absolute Gasteiger partial charge is 0.450 e. The second-order valence-electron chi connectivity index (χ2n) is 4.40. The first-order chi connectivity index (χ1) is 9.79. The number of hydrogen-bond donors (Lipinski definition) is 0. The van der Waals surface area contributed by atoms with Crippen LogP contribution < -0.4 is 0 Å². The van der Waals surface area contributed by atoms with Crippen molar-refractivity contribution >= 4 is 17.4 Å². The highest BCUT2D eigenvalue weighted by atomic mass is 35.5. The Bertz CT molecular complexity index is 655. The molecule has 8 heteroatoms. The van der Waals surface area contributed by atoms with Gasteiger partial charge in [-0.25, -0.2) is 0 Å². The van der Waals surface area contributed by atoms with E-state index in [1.54, 1.807) is 24.3 Å². The number of aromatic nitrogens is 2. The van der Waals surface area contributed by atoms with Crippen LogP contribution in [0.15, 0.2) is 28.8 Å². The van der Waals surface area contributed by atoms with Crippen LogP contribution in [0.4, 0.5) is 13.2 Å². The molecule has 1 unspecified atom stereocenters. The predicted molar refractivity (Wildman–Crippen MR) is 68.0 cm³/mol. The molecule has 112 valence electrons. The van der Waals surface area contributed by atoms with Crippen LogP contribution in [0.25, 0.3) is 0 Å². The quantitative estimate of drug-likeness (QED) is 0.865. The molecule has 0 amide bonds. The average molecular weight is 319 g/mol. The highest BCUT2D eigenvalue weighted by Crippen LogP contribution is 2.27. The third-order valence-electron chi connectivity index (χ3n) is 2.83. The van der Waals surface area contributed by atoms with Gasteiger partial charge in [-0.05, 0) is 18.6 Å². The van der Waals surface area contributed by atoms with Crippen molar-refractivity contribution in [2.75, 3.05) is 0 Å². The average Bonchev–Trinajstić information content (AvgIpc) is 2.87. The molecule has 0 aliphatic rings. The summed E-state index contributed by atoms with van der Waals surface area (Å²) >= 11 is 5.96. The van der Waals surface area contributed by atoms with Gasteiger partial charge in [0.15, 0.2) is 5.82 Å². The molecule has 21 heavy (non-hydrogen) atoms. The van der Waals surface area contributed by atoms with Crippen LogP contribution in [-0.4, -0.2) is 22.1 Å². The van der Waals surface area contributed by atoms with E-state index in [9.17, 15) is 18.0 Å². The molecule has 2 rings (SSSR count). The molecule has 4 nitrogen and oxygen atoms in total. The first-order valence-electron chi connectivity index (χ1n) is 5.96. The highest BCUT2D eigenvalue weighted by molar-refractivity contribution is 6.31. The van der Waals surface area contributed by atoms with Crippen LogP contribution in [0.2, 0.25) is 5.02 Å². The summed E-state index contributed by atoms with van der Waals surface area (Å²) < 4.78 is 41.7. The predicted octanol–water partition coefficient (Wildman–Crippen LogP) is 3.55. The lowest BCUT2D eigenvalue weighted by atomic mass is 10.1. The van der Waals surface area contributed by atoms with Crippen molar-refractivity contribution in [2.45, 2.75) is 25.4 Å². The van der Waals surface area contributed by atoms with E-state index >= 15 is 0 Å². The molecule has 0 saturated heterocycles. The van der Waals surface area contributed by atoms with Gasteiger partial charge in [0.1, 0.15) is 5.92 Å². The Kier molecular flexibility index (Phi) is 4.32. The number of Topliss-reactive ketones (excluding diaryl/α,β-unsaturated/α-hetero) is 1. The van der Waals surface area contributed by atoms with Gasteiger partial charge in [-0.2, -0.15) is 18.2 Å². The molecule has 0 spiro atoms. The minimum atomic E-state index is -4.93. The molecule has 1 aromatic heterocycles. The van der Waals surface area contributed by atoms with Crippen LogP contribution in [0.5, 0.6) is 0 Å². The van der Waals surface area contributed by atoms with Gasteiger partial charge >= 0.3 is 6.18 Å². The zero-order valence-electron chi connectivity index (χ0n) is 10.8. The monoisotopic (exact) mass is 318 g/mol. The lowest BCUT2D eigenvalue weighted by Crippen LogP contribution is -2.27. The summed E-state index contributed by atoms with van der Waals surface area (Å²) in [6, 6.07) is 6.92. The second kappa shape index (κ2) is 5.85. The van der Waals surface area contributed by atoms with E-state index < -0.39 is 17.9 Å². The Labute approximate surface area is 122 Å². The highest BCUT2D eigenvalue weighted by Gasteiger charge is 2.43. The van der Waals surface area contributed by atoms with Gasteiger partial charge in [0, 0.05) is 11.4 Å². The summed E-state index contributed by atoms with van der Waals surface area (Å²) in [5.41, 5.74) is 0.710. The van der Waals surface area contributed by atoms with Gasteiger partial charge in [0.05, 0.1) is 0 Å². The molecule has 2 aromatic rings. The first-order valence-corrected chi connectivity index (χ1v) is 6.33. The molecule has 0 N–H and O–H groups in total. The second-order valence-corrected chi connectivity index (χ2v) is 4.81. The minimum Gasteiger partial charge on any atom is -0.339 e. The topological polar surface area (TPSA) is 56.0 Å². The minimum absolute atomic E-state index is 0.167. The molecule has 0 bridgehead atoms. The Hall–Kier alpha value is -1.89. The fourth-order valence-corrected chi connectivity index (χ4v) is 1.89. The smallest absolute Gasteiger partial charge is 0.339 e. The number of hydrogen-bond acceptors (Lipinski definition) is 4. The van der Waals surface area contributed by atoms with Crippen molar-refractivity contribution < 1.29 is 22.5 Å². The summed E-state index contributed by atoms with van der Waals surface area (Å²) in [5, 5.41) is 4.06. The number of nitrogens with zero attached hydrogens (tertiary/aromatic N) is 2. The summed E-state index contributed by atoms with van der Waals surface area (Å²) in [6.45, 7) is 1.07. The van der Waals surface area contributed by atoms with Gasteiger partial charge in [-0.3, -0.25) is 4.79 Å². The number of halogens is 4. The van der Waals surface area contributed by atoms with Crippen LogP contribution in [0.1, 0.15) is 30.1 Å². The molecule has 0 aliphatic carbocycles. The molecule has 0 fully saturated rings. The third-order valence-corrected chi connectivity index (χ3v) is 3.20. The van der Waals surface area contributed by atoms with Crippen molar-refractivity contribution in [1.29, 1.82) is 0 Å². The Morgan fingerprint density at radius 2 is 2.05 bits per heavy atom. The number of ketones is 1. The fourth-order valence-electron chi connectivity index (χ4n) is 1.68. The Balaban J connectivity index is 2.15. The van der Waals surface area contributed by atoms with E-state index in [1.807, 2.05) is 0 Å². The van der Waals surface area contributed by atoms with Crippen molar-refractivity contribution in [3.05, 3.63) is 46.6 Å². The van der Waals surface area contributed by atoms with E-state index in [0.717, 1.165) is 6.92 Å². The SMILES string of the molecule is CC(C(=O)C(F)(F)F)c1nc(Cc2ccccc2Cl)no1. The molecule has 0 saturated carbocycles.